The number of imidazole rings is 1. The van der Waals surface area contributed by atoms with Crippen LogP contribution in [-0.4, -0.2) is 37.9 Å². The molecule has 5 nitrogen and oxygen atoms in total. The van der Waals surface area contributed by atoms with Crippen molar-refractivity contribution in [2.45, 2.75) is 25.3 Å². The van der Waals surface area contributed by atoms with Gasteiger partial charge in [-0.3, -0.25) is 0 Å². The maximum absolute atomic E-state index is 4.42. The van der Waals surface area contributed by atoms with Crippen LogP contribution in [0.25, 0.3) is 11.2 Å². The lowest BCUT2D eigenvalue weighted by molar-refractivity contribution is 0.389. The van der Waals surface area contributed by atoms with Crippen molar-refractivity contribution in [1.29, 1.82) is 0 Å². The molecule has 1 fully saturated rings. The van der Waals surface area contributed by atoms with Gasteiger partial charge in [-0.25, -0.2) is 15.0 Å². The summed E-state index contributed by atoms with van der Waals surface area (Å²) >= 11 is 3.51. The fourth-order valence-electron chi connectivity index (χ4n) is 2.22. The van der Waals surface area contributed by atoms with Crippen molar-refractivity contribution in [3.8, 4) is 0 Å². The van der Waals surface area contributed by atoms with Crippen molar-refractivity contribution in [2.24, 2.45) is 0 Å². The van der Waals surface area contributed by atoms with Crippen molar-refractivity contribution in [2.75, 3.05) is 16.8 Å². The van der Waals surface area contributed by atoms with E-state index in [0.717, 1.165) is 28.9 Å². The molecule has 1 aliphatic rings. The van der Waals surface area contributed by atoms with E-state index in [1.807, 2.05) is 0 Å². The molecule has 0 amide bonds. The van der Waals surface area contributed by atoms with Crippen molar-refractivity contribution in [1.82, 2.24) is 19.9 Å². The van der Waals surface area contributed by atoms with E-state index in [9.17, 15) is 0 Å². The minimum absolute atomic E-state index is 0.619. The molecule has 1 aliphatic carbocycles. The fraction of sp³-hybridized carbons (Fsp3) is 0.545. The zero-order chi connectivity index (χ0) is 11.7. The number of hydrogen-bond donors (Lipinski definition) is 1. The topological polar surface area (TPSA) is 57.7 Å². The third kappa shape index (κ3) is 1.90. The van der Waals surface area contributed by atoms with Gasteiger partial charge in [-0.2, -0.15) is 0 Å². The van der Waals surface area contributed by atoms with Crippen molar-refractivity contribution in [3.63, 3.8) is 0 Å². The van der Waals surface area contributed by atoms with E-state index >= 15 is 0 Å². The second-order valence-corrected chi connectivity index (χ2v) is 5.06. The molecule has 0 spiro atoms. The third-order valence-corrected chi connectivity index (χ3v) is 3.67. The van der Waals surface area contributed by atoms with Gasteiger partial charge in [0.2, 0.25) is 0 Å². The Morgan fingerprint density at radius 3 is 2.94 bits per heavy atom. The quantitative estimate of drug-likeness (QED) is 0.878. The van der Waals surface area contributed by atoms with Crippen LogP contribution in [0.3, 0.4) is 0 Å². The van der Waals surface area contributed by atoms with Crippen LogP contribution in [0.4, 0.5) is 5.82 Å². The minimum atomic E-state index is 0.619. The van der Waals surface area contributed by atoms with E-state index in [4.69, 9.17) is 0 Å². The van der Waals surface area contributed by atoms with Gasteiger partial charge in [-0.05, 0) is 19.3 Å². The smallest absolute Gasteiger partial charge is 0.182 e. The first-order chi connectivity index (χ1) is 8.40. The molecule has 6 heteroatoms. The molecule has 0 aliphatic heterocycles. The van der Waals surface area contributed by atoms with Crippen LogP contribution in [0.2, 0.25) is 0 Å². The Balaban J connectivity index is 2.01. The molecule has 17 heavy (non-hydrogen) atoms. The summed E-state index contributed by atoms with van der Waals surface area (Å²) in [5, 5.41) is 0.948. The highest BCUT2D eigenvalue weighted by Gasteiger charge is 2.27. The molecule has 2 aromatic rings. The van der Waals surface area contributed by atoms with Gasteiger partial charge in [0.15, 0.2) is 11.5 Å². The molecule has 1 N–H and O–H groups in total. The molecule has 90 valence electrons. The maximum Gasteiger partial charge on any atom is 0.182 e. The number of fused-ring (bicyclic) bond motifs is 1. The highest BCUT2D eigenvalue weighted by atomic mass is 79.9. The average molecular weight is 296 g/mol. The standard InChI is InChI=1S/C11H14BrN5/c12-4-5-17(8-2-1-3-8)11-9-10(14-6-13-9)15-7-16-11/h6-8H,1-5H2,(H,13,14,15,16). The Hall–Kier alpha value is -1.17. The number of H-pyrrole nitrogens is 1. The van der Waals surface area contributed by atoms with E-state index < -0.39 is 0 Å². The molecular formula is C11H14BrN5. The molecular weight excluding hydrogens is 282 g/mol. The minimum Gasteiger partial charge on any atom is -0.351 e. The van der Waals surface area contributed by atoms with Gasteiger partial charge in [0.1, 0.15) is 11.8 Å². The van der Waals surface area contributed by atoms with Crippen molar-refractivity contribution >= 4 is 32.9 Å². The van der Waals surface area contributed by atoms with Gasteiger partial charge in [-0.15, -0.1) is 0 Å². The van der Waals surface area contributed by atoms with Crippen molar-refractivity contribution in [3.05, 3.63) is 12.7 Å². The van der Waals surface area contributed by atoms with Crippen LogP contribution >= 0.6 is 15.9 Å². The zero-order valence-corrected chi connectivity index (χ0v) is 11.0. The highest BCUT2D eigenvalue weighted by molar-refractivity contribution is 9.09. The van der Waals surface area contributed by atoms with E-state index in [2.05, 4.69) is 40.8 Å². The van der Waals surface area contributed by atoms with Gasteiger partial charge in [0.25, 0.3) is 0 Å². The number of alkyl halides is 1. The van der Waals surface area contributed by atoms with Gasteiger partial charge in [0, 0.05) is 17.9 Å². The first kappa shape index (κ1) is 11.0. The van der Waals surface area contributed by atoms with Crippen molar-refractivity contribution < 1.29 is 0 Å². The Bertz CT molecular complexity index is 507. The predicted molar refractivity (Wildman–Crippen MR) is 70.5 cm³/mol. The maximum atomic E-state index is 4.42. The summed E-state index contributed by atoms with van der Waals surface area (Å²) in [5.41, 5.74) is 1.69. The average Bonchev–Trinajstić information content (AvgIpc) is 2.73. The number of nitrogens with one attached hydrogen (secondary N) is 1. The number of hydrogen-bond acceptors (Lipinski definition) is 4. The lowest BCUT2D eigenvalue weighted by Gasteiger charge is -2.38. The highest BCUT2D eigenvalue weighted by Crippen LogP contribution is 2.30. The summed E-state index contributed by atoms with van der Waals surface area (Å²) in [6, 6.07) is 0.619. The molecule has 2 heterocycles. The van der Waals surface area contributed by atoms with Crippen LogP contribution in [0, 0.1) is 0 Å². The number of aromatic amines is 1. The number of anilines is 1. The van der Waals surface area contributed by atoms with Crippen LogP contribution in [0.5, 0.6) is 0 Å². The van der Waals surface area contributed by atoms with Crippen LogP contribution in [-0.2, 0) is 0 Å². The summed E-state index contributed by atoms with van der Waals surface area (Å²) in [6.07, 6.45) is 7.11. The van der Waals surface area contributed by atoms with E-state index in [1.54, 1.807) is 12.7 Å². The molecule has 0 aromatic carbocycles. The van der Waals surface area contributed by atoms with Crippen LogP contribution < -0.4 is 4.90 Å². The summed E-state index contributed by atoms with van der Waals surface area (Å²) in [6.45, 7) is 0.968. The first-order valence-electron chi connectivity index (χ1n) is 5.87. The molecule has 0 saturated heterocycles. The summed E-state index contributed by atoms with van der Waals surface area (Å²) in [4.78, 5) is 18.3. The van der Waals surface area contributed by atoms with Gasteiger partial charge >= 0.3 is 0 Å². The Morgan fingerprint density at radius 1 is 1.35 bits per heavy atom. The van der Waals surface area contributed by atoms with E-state index in [0.29, 0.717) is 6.04 Å². The lowest BCUT2D eigenvalue weighted by Crippen LogP contribution is -2.42. The number of halogens is 1. The Kier molecular flexibility index (Phi) is 2.96. The van der Waals surface area contributed by atoms with E-state index in [-0.39, 0.29) is 0 Å². The molecule has 1 saturated carbocycles. The molecule has 0 radical (unpaired) electrons. The Morgan fingerprint density at radius 2 is 2.24 bits per heavy atom. The molecule has 0 bridgehead atoms. The van der Waals surface area contributed by atoms with Crippen LogP contribution in [0.15, 0.2) is 12.7 Å². The Labute approximate surface area is 108 Å². The van der Waals surface area contributed by atoms with Crippen LogP contribution in [0.1, 0.15) is 19.3 Å². The summed E-state index contributed by atoms with van der Waals surface area (Å²) < 4.78 is 0. The molecule has 3 rings (SSSR count). The van der Waals surface area contributed by atoms with Gasteiger partial charge in [-0.1, -0.05) is 15.9 Å². The second-order valence-electron chi connectivity index (χ2n) is 4.27. The fourth-order valence-corrected chi connectivity index (χ4v) is 2.60. The number of aromatic nitrogens is 4. The molecule has 2 aromatic heterocycles. The SMILES string of the molecule is BrCCN(c1ncnc2nc[nH]c12)C1CCC1. The largest absolute Gasteiger partial charge is 0.351 e. The normalized spacial score (nSPS) is 16.1. The first-order valence-corrected chi connectivity index (χ1v) is 6.99. The number of nitrogens with zero attached hydrogens (tertiary/aromatic N) is 4. The third-order valence-electron chi connectivity index (χ3n) is 3.32. The van der Waals surface area contributed by atoms with E-state index in [1.165, 1.54) is 19.3 Å². The van der Waals surface area contributed by atoms with Gasteiger partial charge < -0.3 is 9.88 Å². The summed E-state index contributed by atoms with van der Waals surface area (Å²) in [5.74, 6) is 0.983. The second kappa shape index (κ2) is 4.60. The number of rotatable bonds is 4. The zero-order valence-electron chi connectivity index (χ0n) is 9.43. The molecule has 0 unspecified atom stereocenters. The molecule has 0 atom stereocenters. The monoisotopic (exact) mass is 295 g/mol. The predicted octanol–water partition coefficient (Wildman–Crippen LogP) is 2.11. The summed E-state index contributed by atoms with van der Waals surface area (Å²) in [7, 11) is 0. The lowest BCUT2D eigenvalue weighted by atomic mass is 9.91. The van der Waals surface area contributed by atoms with Gasteiger partial charge in [0.05, 0.1) is 6.33 Å².